The fraction of sp³-hybridized carbons (Fsp3) is 0.231. The van der Waals surface area contributed by atoms with Gasteiger partial charge in [0.05, 0.1) is 0 Å². The minimum absolute atomic E-state index is 0.829. The number of aryl methyl sites for hydroxylation is 1. The Morgan fingerprint density at radius 1 is 1.33 bits per heavy atom. The van der Waals surface area contributed by atoms with Crippen LogP contribution in [0.25, 0.3) is 10.9 Å². The molecule has 0 aliphatic heterocycles. The van der Waals surface area contributed by atoms with Crippen LogP contribution in [0.5, 0.6) is 0 Å². The van der Waals surface area contributed by atoms with Crippen LogP contribution in [-0.2, 0) is 6.54 Å². The maximum atomic E-state index is 6.10. The van der Waals surface area contributed by atoms with E-state index in [9.17, 15) is 0 Å². The zero-order valence-electron chi connectivity index (χ0n) is 8.62. The van der Waals surface area contributed by atoms with Crippen LogP contribution < -0.4 is 0 Å². The Morgan fingerprint density at radius 3 is 3.00 bits per heavy atom. The number of aromatic nitrogens is 1. The molecule has 1 heterocycles. The Hall–Kier alpha value is -1.21. The molecule has 0 amide bonds. The molecular formula is C13H14ClN. The van der Waals surface area contributed by atoms with Crippen molar-refractivity contribution < 1.29 is 0 Å². The highest BCUT2D eigenvalue weighted by atomic mass is 35.5. The number of hydrogen-bond donors (Lipinski definition) is 0. The molecule has 0 spiro atoms. The van der Waals surface area contributed by atoms with Crippen LogP contribution >= 0.6 is 11.6 Å². The van der Waals surface area contributed by atoms with Gasteiger partial charge in [-0.25, -0.2) is 0 Å². The summed E-state index contributed by atoms with van der Waals surface area (Å²) in [7, 11) is 0. The second-order valence-corrected chi connectivity index (χ2v) is 4.02. The van der Waals surface area contributed by atoms with Crippen LogP contribution in [0.4, 0.5) is 0 Å². The second kappa shape index (κ2) is 4.54. The molecular weight excluding hydrogens is 206 g/mol. The van der Waals surface area contributed by atoms with E-state index in [1.165, 1.54) is 5.52 Å². The largest absolute Gasteiger partial charge is 0.347 e. The number of fused-ring (bicyclic) bond motifs is 1. The predicted molar refractivity (Wildman–Crippen MR) is 66.4 cm³/mol. The molecule has 0 fully saturated rings. The van der Waals surface area contributed by atoms with Crippen LogP contribution in [0.2, 0.25) is 5.02 Å². The summed E-state index contributed by atoms with van der Waals surface area (Å²) in [6.45, 7) is 4.75. The molecule has 0 N–H and O–H groups in total. The monoisotopic (exact) mass is 219 g/mol. The fourth-order valence-electron chi connectivity index (χ4n) is 1.79. The molecule has 0 saturated carbocycles. The van der Waals surface area contributed by atoms with E-state index >= 15 is 0 Å². The topological polar surface area (TPSA) is 4.93 Å². The van der Waals surface area contributed by atoms with Crippen LogP contribution in [0.15, 0.2) is 43.1 Å². The first-order valence-electron chi connectivity index (χ1n) is 5.17. The van der Waals surface area contributed by atoms with Gasteiger partial charge in [-0.15, -0.1) is 6.58 Å². The molecule has 0 bridgehead atoms. The molecule has 1 aromatic carbocycles. The Kier molecular flexibility index (Phi) is 3.12. The average Bonchev–Trinajstić information content (AvgIpc) is 2.64. The fourth-order valence-corrected chi connectivity index (χ4v) is 2.02. The number of nitrogens with zero attached hydrogens (tertiary/aromatic N) is 1. The van der Waals surface area contributed by atoms with Crippen molar-refractivity contribution in [3.8, 4) is 0 Å². The molecule has 0 aliphatic rings. The quantitative estimate of drug-likeness (QED) is 0.535. The lowest BCUT2D eigenvalue weighted by atomic mass is 10.2. The van der Waals surface area contributed by atoms with E-state index in [1.807, 2.05) is 18.2 Å². The summed E-state index contributed by atoms with van der Waals surface area (Å²) < 4.78 is 2.24. The minimum Gasteiger partial charge on any atom is -0.347 e. The molecule has 2 aromatic rings. The van der Waals surface area contributed by atoms with Gasteiger partial charge < -0.3 is 4.57 Å². The first-order valence-corrected chi connectivity index (χ1v) is 5.55. The van der Waals surface area contributed by atoms with Gasteiger partial charge in [0.25, 0.3) is 0 Å². The van der Waals surface area contributed by atoms with Crippen molar-refractivity contribution in [3.05, 3.63) is 48.1 Å². The van der Waals surface area contributed by atoms with Crippen molar-refractivity contribution in [1.82, 2.24) is 4.57 Å². The van der Waals surface area contributed by atoms with Gasteiger partial charge in [-0.3, -0.25) is 0 Å². The lowest BCUT2D eigenvalue weighted by molar-refractivity contribution is 0.671. The van der Waals surface area contributed by atoms with Crippen molar-refractivity contribution in [3.63, 3.8) is 0 Å². The molecule has 0 atom stereocenters. The molecule has 0 radical (unpaired) electrons. The van der Waals surface area contributed by atoms with E-state index in [1.54, 1.807) is 0 Å². The molecule has 78 valence electrons. The minimum atomic E-state index is 0.829. The number of hydrogen-bond acceptors (Lipinski definition) is 0. The Morgan fingerprint density at radius 2 is 2.20 bits per heavy atom. The van der Waals surface area contributed by atoms with E-state index in [-0.39, 0.29) is 0 Å². The van der Waals surface area contributed by atoms with Crippen molar-refractivity contribution in [2.45, 2.75) is 19.4 Å². The summed E-state index contributed by atoms with van der Waals surface area (Å²) in [5.41, 5.74) is 1.21. The summed E-state index contributed by atoms with van der Waals surface area (Å²) in [4.78, 5) is 0. The van der Waals surface area contributed by atoms with Gasteiger partial charge in [0.1, 0.15) is 0 Å². The van der Waals surface area contributed by atoms with Gasteiger partial charge in [-0.2, -0.15) is 0 Å². The molecule has 2 heteroatoms. The molecule has 1 aromatic heterocycles. The Balaban J connectivity index is 2.28. The number of rotatable bonds is 4. The highest BCUT2D eigenvalue weighted by Gasteiger charge is 2.02. The first kappa shape index (κ1) is 10.3. The Labute approximate surface area is 95.0 Å². The van der Waals surface area contributed by atoms with Crippen LogP contribution in [0, 0.1) is 0 Å². The van der Waals surface area contributed by atoms with Crippen LogP contribution in [0.3, 0.4) is 0 Å². The number of allylic oxidation sites excluding steroid dienone is 1. The molecule has 0 aliphatic carbocycles. The predicted octanol–water partition coefficient (Wildman–Crippen LogP) is 4.26. The molecule has 15 heavy (non-hydrogen) atoms. The van der Waals surface area contributed by atoms with Gasteiger partial charge in [0, 0.05) is 28.7 Å². The van der Waals surface area contributed by atoms with E-state index in [0.717, 1.165) is 29.8 Å². The highest BCUT2D eigenvalue weighted by Crippen LogP contribution is 2.24. The SMILES string of the molecule is C=CCCCn1ccc2c(Cl)cccc21. The molecule has 1 nitrogen and oxygen atoms in total. The van der Waals surface area contributed by atoms with Crippen LogP contribution in [-0.4, -0.2) is 4.57 Å². The lowest BCUT2D eigenvalue weighted by Crippen LogP contribution is -1.94. The number of benzene rings is 1. The maximum Gasteiger partial charge on any atom is 0.0499 e. The Bertz CT molecular complexity index is 470. The maximum absolute atomic E-state index is 6.10. The van der Waals surface area contributed by atoms with E-state index in [4.69, 9.17) is 11.6 Å². The van der Waals surface area contributed by atoms with Crippen molar-refractivity contribution in [2.24, 2.45) is 0 Å². The highest BCUT2D eigenvalue weighted by molar-refractivity contribution is 6.35. The van der Waals surface area contributed by atoms with Gasteiger partial charge in [0.2, 0.25) is 0 Å². The first-order chi connectivity index (χ1) is 7.33. The second-order valence-electron chi connectivity index (χ2n) is 3.61. The number of unbranched alkanes of at least 4 members (excludes halogenated alkanes) is 1. The van der Waals surface area contributed by atoms with Crippen molar-refractivity contribution >= 4 is 22.5 Å². The van der Waals surface area contributed by atoms with Gasteiger partial charge >= 0.3 is 0 Å². The third-order valence-electron chi connectivity index (χ3n) is 2.57. The van der Waals surface area contributed by atoms with E-state index in [0.29, 0.717) is 0 Å². The molecule has 0 saturated heterocycles. The summed E-state index contributed by atoms with van der Waals surface area (Å²) in [5, 5.41) is 1.97. The smallest absolute Gasteiger partial charge is 0.0499 e. The average molecular weight is 220 g/mol. The molecule has 0 unspecified atom stereocenters. The summed E-state index contributed by atoms with van der Waals surface area (Å²) >= 11 is 6.10. The third-order valence-corrected chi connectivity index (χ3v) is 2.90. The van der Waals surface area contributed by atoms with Crippen LogP contribution in [0.1, 0.15) is 12.8 Å². The van der Waals surface area contributed by atoms with Crippen molar-refractivity contribution in [1.29, 1.82) is 0 Å². The summed E-state index contributed by atoms with van der Waals surface area (Å²) in [5.74, 6) is 0. The van der Waals surface area contributed by atoms with Gasteiger partial charge in [-0.1, -0.05) is 23.7 Å². The third kappa shape index (κ3) is 2.07. The zero-order valence-corrected chi connectivity index (χ0v) is 9.37. The summed E-state index contributed by atoms with van der Waals surface area (Å²) in [6, 6.07) is 8.10. The van der Waals surface area contributed by atoms with Gasteiger partial charge in [-0.05, 0) is 31.0 Å². The summed E-state index contributed by atoms with van der Waals surface area (Å²) in [6.07, 6.45) is 6.23. The zero-order chi connectivity index (χ0) is 10.7. The molecule has 2 rings (SSSR count). The van der Waals surface area contributed by atoms with Crippen molar-refractivity contribution in [2.75, 3.05) is 0 Å². The number of halogens is 1. The van der Waals surface area contributed by atoms with E-state index < -0.39 is 0 Å². The standard InChI is InChI=1S/C13H14ClN/c1-2-3-4-9-15-10-8-11-12(14)6-5-7-13(11)15/h2,5-8,10H,1,3-4,9H2. The van der Waals surface area contributed by atoms with Gasteiger partial charge in [0.15, 0.2) is 0 Å². The normalized spacial score (nSPS) is 10.7. The lowest BCUT2D eigenvalue weighted by Gasteiger charge is -2.04. The van der Waals surface area contributed by atoms with E-state index in [2.05, 4.69) is 29.5 Å².